The van der Waals surface area contributed by atoms with Crippen molar-refractivity contribution in [1.29, 1.82) is 0 Å². The fraction of sp³-hybridized carbons (Fsp3) is 0.800. The molecule has 0 aliphatic carbocycles. The Balaban J connectivity index is 2.82. The van der Waals surface area contributed by atoms with Crippen LogP contribution < -0.4 is 0 Å². The van der Waals surface area contributed by atoms with Crippen molar-refractivity contribution in [3.05, 3.63) is 0 Å². The van der Waals surface area contributed by atoms with E-state index in [0.717, 1.165) is 19.3 Å². The van der Waals surface area contributed by atoms with Crippen LogP contribution in [0.4, 0.5) is 0 Å². The van der Waals surface area contributed by atoms with Gasteiger partial charge in [-0.1, -0.05) is 0 Å². The summed E-state index contributed by atoms with van der Waals surface area (Å²) in [6.45, 7) is 2.09. The van der Waals surface area contributed by atoms with Crippen molar-refractivity contribution in [3.8, 4) is 0 Å². The summed E-state index contributed by atoms with van der Waals surface area (Å²) in [6, 6.07) is 0. The Labute approximate surface area is 55.9 Å². The third kappa shape index (κ3) is 6.38. The number of carbonyl (C=O) groups excluding carboxylic acids is 1. The quantitative estimate of drug-likeness (QED) is 0.529. The van der Waals surface area contributed by atoms with E-state index in [1.807, 2.05) is 0 Å². The Morgan fingerprint density at radius 3 is 2.43 bits per heavy atom. The first-order valence-corrected chi connectivity index (χ1v) is 3.30. The van der Waals surface area contributed by atoms with Crippen LogP contribution in [-0.4, -0.2) is 4.09 Å². The molecule has 0 aromatic heterocycles. The second kappa shape index (κ2) is 4.54. The van der Waals surface area contributed by atoms with Gasteiger partial charge in [0.1, 0.15) is 0 Å². The van der Waals surface area contributed by atoms with Crippen LogP contribution in [0.1, 0.15) is 26.2 Å². The molecule has 0 fully saturated rings. The van der Waals surface area contributed by atoms with E-state index in [0.29, 0.717) is 4.09 Å². The molecule has 7 heavy (non-hydrogen) atoms. The van der Waals surface area contributed by atoms with Crippen LogP contribution in [0, 0.1) is 0 Å². The topological polar surface area (TPSA) is 17.1 Å². The third-order valence-corrected chi connectivity index (χ3v) is 1.15. The van der Waals surface area contributed by atoms with Crippen molar-refractivity contribution < 1.29 is 25.2 Å². The molecule has 0 aromatic rings. The molecule has 0 bridgehead atoms. The molecule has 0 atom stereocenters. The summed E-state index contributed by atoms with van der Waals surface area (Å²) in [5.41, 5.74) is 0. The van der Waals surface area contributed by atoms with Gasteiger partial charge in [0.15, 0.2) is 0 Å². The van der Waals surface area contributed by atoms with Gasteiger partial charge in [-0.3, -0.25) is 0 Å². The summed E-state index contributed by atoms with van der Waals surface area (Å²) in [4.78, 5) is 10.2. The maximum atomic E-state index is 10.2. The van der Waals surface area contributed by atoms with Crippen LogP contribution in [-0.2, 0) is 25.2 Å². The fourth-order valence-corrected chi connectivity index (χ4v) is 0.613. The second-order valence-corrected chi connectivity index (χ2v) is 2.40. The number of rotatable bonds is 3. The predicted molar refractivity (Wildman–Crippen MR) is 24.5 cm³/mol. The van der Waals surface area contributed by atoms with Crippen LogP contribution >= 0.6 is 0 Å². The van der Waals surface area contributed by atoms with Crippen molar-refractivity contribution in [3.63, 3.8) is 0 Å². The normalized spacial score (nSPS) is 8.57. The van der Waals surface area contributed by atoms with Gasteiger partial charge >= 0.3 is 55.5 Å². The molecule has 39 valence electrons. The molecule has 2 heteroatoms. The van der Waals surface area contributed by atoms with E-state index < -0.39 is 0 Å². The van der Waals surface area contributed by atoms with E-state index in [9.17, 15) is 4.79 Å². The number of hydrogen-bond acceptors (Lipinski definition) is 1. The van der Waals surface area contributed by atoms with Crippen molar-refractivity contribution in [2.24, 2.45) is 0 Å². The van der Waals surface area contributed by atoms with E-state index in [4.69, 9.17) is 0 Å². The third-order valence-electron chi connectivity index (χ3n) is 0.757. The maximum absolute atomic E-state index is 10.2. The first-order chi connectivity index (χ1) is 3.27. The van der Waals surface area contributed by atoms with Gasteiger partial charge in [-0.05, 0) is 0 Å². The van der Waals surface area contributed by atoms with E-state index in [1.54, 1.807) is 20.4 Å². The predicted octanol–water partition coefficient (Wildman–Crippen LogP) is 1.25. The van der Waals surface area contributed by atoms with Crippen LogP contribution in [0.3, 0.4) is 0 Å². The zero-order chi connectivity index (χ0) is 5.70. The average molecular weight is 133 g/mol. The van der Waals surface area contributed by atoms with Gasteiger partial charge in [0.25, 0.3) is 0 Å². The fourth-order valence-electron chi connectivity index (χ4n) is 0.337. The molecular weight excluding hydrogens is 124 g/mol. The summed E-state index contributed by atoms with van der Waals surface area (Å²) in [6.07, 6.45) is 2.94. The molecule has 0 heterocycles. The summed E-state index contributed by atoms with van der Waals surface area (Å²) in [5, 5.41) is 0. The first kappa shape index (κ1) is 7.38. The minimum atomic E-state index is 0.307. The number of unbranched alkanes of at least 4 members (excludes halogenated alkanes) is 1. The van der Waals surface area contributed by atoms with E-state index in [2.05, 4.69) is 6.92 Å². The molecule has 0 spiro atoms. The summed E-state index contributed by atoms with van der Waals surface area (Å²) in [7, 11) is 0. The Kier molecular flexibility index (Phi) is 4.79. The van der Waals surface area contributed by atoms with Gasteiger partial charge in [0.2, 0.25) is 0 Å². The number of carbonyl (C=O) groups is 1. The van der Waals surface area contributed by atoms with Crippen LogP contribution in [0.2, 0.25) is 0 Å². The van der Waals surface area contributed by atoms with Gasteiger partial charge in [-0.2, -0.15) is 0 Å². The van der Waals surface area contributed by atoms with Crippen molar-refractivity contribution >= 4 is 4.09 Å². The molecule has 0 amide bonds. The Hall–Kier alpha value is 0.384. The molecule has 0 saturated carbocycles. The monoisotopic (exact) mass is 133 g/mol. The molecular formula is C5H9OTi. The van der Waals surface area contributed by atoms with Gasteiger partial charge in [-0.15, -0.1) is 0 Å². The Morgan fingerprint density at radius 1 is 1.71 bits per heavy atom. The van der Waals surface area contributed by atoms with E-state index in [1.165, 1.54) is 0 Å². The zero-order valence-electron chi connectivity index (χ0n) is 4.53. The van der Waals surface area contributed by atoms with Gasteiger partial charge in [-0.25, -0.2) is 0 Å². The van der Waals surface area contributed by atoms with Crippen molar-refractivity contribution in [2.75, 3.05) is 0 Å². The standard InChI is InChI=1S/C5H9O.Ti/c1-2-3-4-5-6;/h2-4H2,1H3;. The molecule has 0 radical (unpaired) electrons. The summed E-state index contributed by atoms with van der Waals surface area (Å²) >= 11 is 1.63. The van der Waals surface area contributed by atoms with Gasteiger partial charge < -0.3 is 0 Å². The SMILES string of the molecule is CCCC[C](=O)[Ti]. The van der Waals surface area contributed by atoms with Crippen LogP contribution in [0.5, 0.6) is 0 Å². The molecule has 0 unspecified atom stereocenters. The summed E-state index contributed by atoms with van der Waals surface area (Å²) < 4.78 is 0.307. The molecule has 1 nitrogen and oxygen atoms in total. The molecule has 0 aliphatic rings. The first-order valence-electron chi connectivity index (χ1n) is 2.51. The molecule has 0 saturated heterocycles. The second-order valence-electron chi connectivity index (χ2n) is 1.53. The van der Waals surface area contributed by atoms with Crippen LogP contribution in [0.15, 0.2) is 0 Å². The summed E-state index contributed by atoms with van der Waals surface area (Å²) in [5.74, 6) is 0. The zero-order valence-corrected chi connectivity index (χ0v) is 6.09. The van der Waals surface area contributed by atoms with Crippen LogP contribution in [0.25, 0.3) is 0 Å². The Morgan fingerprint density at radius 2 is 2.29 bits per heavy atom. The van der Waals surface area contributed by atoms with Crippen molar-refractivity contribution in [1.82, 2.24) is 0 Å². The Bertz CT molecular complexity index is 61.1. The minimum absolute atomic E-state index is 0.307. The number of hydrogen-bond donors (Lipinski definition) is 0. The van der Waals surface area contributed by atoms with Gasteiger partial charge in [0.05, 0.1) is 0 Å². The average Bonchev–Trinajstić information content (AvgIpc) is 1.61. The molecule has 0 rings (SSSR count). The molecule has 0 aliphatic heterocycles. The van der Waals surface area contributed by atoms with Gasteiger partial charge in [0, 0.05) is 0 Å². The van der Waals surface area contributed by atoms with Crippen molar-refractivity contribution in [2.45, 2.75) is 26.2 Å². The van der Waals surface area contributed by atoms with E-state index >= 15 is 0 Å². The molecule has 0 N–H and O–H groups in total. The van der Waals surface area contributed by atoms with E-state index in [-0.39, 0.29) is 0 Å². The molecule has 0 aromatic carbocycles.